The zero-order valence-corrected chi connectivity index (χ0v) is 29.2. The molecule has 0 radical (unpaired) electrons. The van der Waals surface area contributed by atoms with E-state index < -0.39 is 0 Å². The highest BCUT2D eigenvalue weighted by molar-refractivity contribution is 6.12. The van der Waals surface area contributed by atoms with Gasteiger partial charge in [0.15, 0.2) is 0 Å². The first-order chi connectivity index (χ1) is 25.6. The van der Waals surface area contributed by atoms with E-state index in [4.69, 9.17) is 0 Å². The minimum atomic E-state index is -0.158. The molecule has 2 aromatic heterocycles. The van der Waals surface area contributed by atoms with Crippen molar-refractivity contribution >= 4 is 38.9 Å². The fourth-order valence-electron chi connectivity index (χ4n) is 8.40. The molecular formula is C49H37N3. The van der Waals surface area contributed by atoms with Crippen molar-refractivity contribution in [3.63, 3.8) is 0 Å². The van der Waals surface area contributed by atoms with Crippen LogP contribution >= 0.6 is 0 Å². The molecule has 3 nitrogen and oxygen atoms in total. The lowest BCUT2D eigenvalue weighted by molar-refractivity contribution is 0.646. The van der Waals surface area contributed by atoms with Gasteiger partial charge in [-0.25, -0.2) is 0 Å². The van der Waals surface area contributed by atoms with Gasteiger partial charge in [0.25, 0.3) is 0 Å². The molecule has 10 rings (SSSR count). The Kier molecular flexibility index (Phi) is 6.84. The van der Waals surface area contributed by atoms with Gasteiger partial charge >= 0.3 is 0 Å². The predicted molar refractivity (Wildman–Crippen MR) is 218 cm³/mol. The van der Waals surface area contributed by atoms with Crippen LogP contribution in [0.15, 0.2) is 188 Å². The third kappa shape index (κ3) is 4.66. The summed E-state index contributed by atoms with van der Waals surface area (Å²) in [5, 5.41) is 2.50. The van der Waals surface area contributed by atoms with E-state index in [1.165, 1.54) is 66.7 Å². The Balaban J connectivity index is 1.19. The molecule has 0 aliphatic carbocycles. The number of rotatable bonds is 6. The van der Waals surface area contributed by atoms with Crippen molar-refractivity contribution < 1.29 is 0 Å². The lowest BCUT2D eigenvalue weighted by Gasteiger charge is -2.26. The standard InChI is InChI=1S/C49H37N3/c1-49(2)44-20-12-13-21-46(44)50-33-43-42-32-41(30-31-45(42)52(47(43)48(49)50)38-18-10-5-11-19-38)51(39-26-22-36(23-27-39)34-14-6-3-7-15-34)40-28-24-37(25-29-40)35-16-8-4-9-17-35/h3-33H,1-2H3. The molecule has 0 saturated heterocycles. The maximum atomic E-state index is 2.47. The average Bonchev–Trinajstić information content (AvgIpc) is 3.81. The Morgan fingerprint density at radius 1 is 0.462 bits per heavy atom. The molecule has 9 aromatic rings. The summed E-state index contributed by atoms with van der Waals surface area (Å²) in [6, 6.07) is 65.8. The molecule has 0 saturated carbocycles. The van der Waals surface area contributed by atoms with Crippen molar-refractivity contribution in [2.24, 2.45) is 0 Å². The van der Waals surface area contributed by atoms with Crippen LogP contribution in [0.5, 0.6) is 0 Å². The maximum Gasteiger partial charge on any atom is 0.0763 e. The number of hydrogen-bond acceptors (Lipinski definition) is 1. The number of benzene rings is 7. The highest BCUT2D eigenvalue weighted by Gasteiger charge is 2.39. The quantitative estimate of drug-likeness (QED) is 0.172. The molecule has 7 aromatic carbocycles. The van der Waals surface area contributed by atoms with Crippen molar-refractivity contribution in [1.29, 1.82) is 0 Å². The second-order valence-electron chi connectivity index (χ2n) is 14.3. The van der Waals surface area contributed by atoms with E-state index in [-0.39, 0.29) is 5.41 Å². The maximum absolute atomic E-state index is 2.47. The monoisotopic (exact) mass is 667 g/mol. The third-order valence-corrected chi connectivity index (χ3v) is 10.9. The van der Waals surface area contributed by atoms with Crippen LogP contribution in [0, 0.1) is 0 Å². The zero-order valence-electron chi connectivity index (χ0n) is 29.2. The van der Waals surface area contributed by atoms with Crippen LogP contribution in [0.25, 0.3) is 55.4 Å². The number of anilines is 3. The summed E-state index contributed by atoms with van der Waals surface area (Å²) in [4.78, 5) is 2.39. The molecule has 1 aliphatic rings. The zero-order chi connectivity index (χ0) is 34.8. The van der Waals surface area contributed by atoms with E-state index in [0.717, 1.165) is 17.1 Å². The minimum Gasteiger partial charge on any atom is -0.317 e. The highest BCUT2D eigenvalue weighted by atomic mass is 15.1. The molecule has 52 heavy (non-hydrogen) atoms. The number of nitrogens with zero attached hydrogens (tertiary/aromatic N) is 3. The van der Waals surface area contributed by atoms with Gasteiger partial charge in [0.05, 0.1) is 16.7 Å². The Labute approximate surface area is 304 Å². The molecule has 0 spiro atoms. The van der Waals surface area contributed by atoms with Gasteiger partial charge in [-0.1, -0.05) is 135 Å². The fourth-order valence-corrected chi connectivity index (χ4v) is 8.40. The Hall–Kier alpha value is -6.58. The number of aromatic nitrogens is 2. The third-order valence-electron chi connectivity index (χ3n) is 10.9. The van der Waals surface area contributed by atoms with Gasteiger partial charge in [0, 0.05) is 50.8 Å². The Bertz CT molecular complexity index is 2630. The lowest BCUT2D eigenvalue weighted by atomic mass is 9.83. The minimum absolute atomic E-state index is 0.158. The molecule has 0 unspecified atom stereocenters. The SMILES string of the molecule is CC1(C)c2ccccc2-n2cc3c4cc(N(c5ccc(-c6ccccc6)cc5)c5ccc(-c6ccccc6)cc5)ccc4n(-c4ccccc4)c3c21. The van der Waals surface area contributed by atoms with Crippen molar-refractivity contribution in [3.8, 4) is 33.6 Å². The van der Waals surface area contributed by atoms with E-state index in [0.29, 0.717) is 0 Å². The first-order valence-corrected chi connectivity index (χ1v) is 18.0. The molecule has 0 bridgehead atoms. The van der Waals surface area contributed by atoms with Gasteiger partial charge in [0.2, 0.25) is 0 Å². The average molecular weight is 668 g/mol. The van der Waals surface area contributed by atoms with Crippen molar-refractivity contribution in [2.45, 2.75) is 19.3 Å². The molecule has 1 aliphatic heterocycles. The second kappa shape index (κ2) is 11.8. The van der Waals surface area contributed by atoms with Gasteiger partial charge in [-0.15, -0.1) is 0 Å². The van der Waals surface area contributed by atoms with Crippen LogP contribution in [0.2, 0.25) is 0 Å². The van der Waals surface area contributed by atoms with Crippen LogP contribution < -0.4 is 4.90 Å². The molecule has 3 heterocycles. The van der Waals surface area contributed by atoms with E-state index in [1.807, 2.05) is 0 Å². The first kappa shape index (κ1) is 30.3. The van der Waals surface area contributed by atoms with Crippen molar-refractivity contribution in [2.75, 3.05) is 4.90 Å². The van der Waals surface area contributed by atoms with E-state index in [2.05, 4.69) is 216 Å². The lowest BCUT2D eigenvalue weighted by Crippen LogP contribution is -2.16. The summed E-state index contributed by atoms with van der Waals surface area (Å²) in [5.41, 5.74) is 15.6. The summed E-state index contributed by atoms with van der Waals surface area (Å²) in [5.74, 6) is 0. The van der Waals surface area contributed by atoms with Crippen LogP contribution in [0.1, 0.15) is 25.1 Å². The van der Waals surface area contributed by atoms with Crippen molar-refractivity contribution in [1.82, 2.24) is 9.13 Å². The van der Waals surface area contributed by atoms with Gasteiger partial charge in [-0.2, -0.15) is 0 Å². The predicted octanol–water partition coefficient (Wildman–Crippen LogP) is 13.0. The molecule has 3 heteroatoms. The smallest absolute Gasteiger partial charge is 0.0763 e. The van der Waals surface area contributed by atoms with E-state index in [9.17, 15) is 0 Å². The van der Waals surface area contributed by atoms with Crippen LogP contribution in [0.4, 0.5) is 17.1 Å². The van der Waals surface area contributed by atoms with E-state index >= 15 is 0 Å². The first-order valence-electron chi connectivity index (χ1n) is 18.0. The van der Waals surface area contributed by atoms with Gasteiger partial charge in [-0.05, 0) is 88.5 Å². The Morgan fingerprint density at radius 2 is 0.962 bits per heavy atom. The summed E-state index contributed by atoms with van der Waals surface area (Å²) in [6.45, 7) is 4.73. The molecule has 0 fully saturated rings. The van der Waals surface area contributed by atoms with Crippen LogP contribution in [-0.4, -0.2) is 9.13 Å². The van der Waals surface area contributed by atoms with Gasteiger partial charge in [-0.3, -0.25) is 0 Å². The molecular weight excluding hydrogens is 631 g/mol. The van der Waals surface area contributed by atoms with Gasteiger partial charge in [0.1, 0.15) is 0 Å². The van der Waals surface area contributed by atoms with Crippen LogP contribution in [0.3, 0.4) is 0 Å². The topological polar surface area (TPSA) is 13.1 Å². The van der Waals surface area contributed by atoms with Gasteiger partial charge < -0.3 is 14.0 Å². The summed E-state index contributed by atoms with van der Waals surface area (Å²) in [6.07, 6.45) is 2.37. The highest BCUT2D eigenvalue weighted by Crippen LogP contribution is 2.50. The molecule has 248 valence electrons. The Morgan fingerprint density at radius 3 is 1.56 bits per heavy atom. The largest absolute Gasteiger partial charge is 0.317 e. The summed E-state index contributed by atoms with van der Waals surface area (Å²) in [7, 11) is 0. The molecule has 0 atom stereocenters. The second-order valence-corrected chi connectivity index (χ2v) is 14.3. The molecule has 0 N–H and O–H groups in total. The number of para-hydroxylation sites is 2. The summed E-state index contributed by atoms with van der Waals surface area (Å²) >= 11 is 0. The number of hydrogen-bond donors (Lipinski definition) is 0. The van der Waals surface area contributed by atoms with Crippen molar-refractivity contribution in [3.05, 3.63) is 199 Å². The fraction of sp³-hybridized carbons (Fsp3) is 0.0612. The summed E-state index contributed by atoms with van der Waals surface area (Å²) < 4.78 is 4.91. The number of fused-ring (bicyclic) bond motifs is 7. The van der Waals surface area contributed by atoms with E-state index in [1.54, 1.807) is 0 Å². The normalized spacial score (nSPS) is 13.0. The molecule has 0 amide bonds. The van der Waals surface area contributed by atoms with Crippen LogP contribution in [-0.2, 0) is 5.41 Å².